The van der Waals surface area contributed by atoms with Crippen LogP contribution in [0.1, 0.15) is 0 Å². The fourth-order valence-corrected chi connectivity index (χ4v) is 2.53. The van der Waals surface area contributed by atoms with Crippen molar-refractivity contribution < 1.29 is 23.0 Å². The average Bonchev–Trinajstić information content (AvgIpc) is 2.88. The number of hydrogen-bond donors (Lipinski definition) is 1. The minimum atomic E-state index is -3.47. The molecule has 0 aliphatic carbocycles. The van der Waals surface area contributed by atoms with Gasteiger partial charge in [-0.1, -0.05) is 18.2 Å². The highest BCUT2D eigenvalue weighted by atomic mass is 32.2. The van der Waals surface area contributed by atoms with Gasteiger partial charge in [0, 0.05) is 19.8 Å². The van der Waals surface area contributed by atoms with Gasteiger partial charge in [-0.15, -0.1) is 0 Å². The van der Waals surface area contributed by atoms with Gasteiger partial charge in [0.25, 0.3) is 5.91 Å². The normalized spacial score (nSPS) is 18.3. The van der Waals surface area contributed by atoms with Crippen LogP contribution >= 0.6 is 11.8 Å². The van der Waals surface area contributed by atoms with E-state index in [0.29, 0.717) is 17.4 Å². The van der Waals surface area contributed by atoms with E-state index in [2.05, 4.69) is 15.2 Å². The summed E-state index contributed by atoms with van der Waals surface area (Å²) < 4.78 is 36.1. The molecule has 22 heavy (non-hydrogen) atoms. The molecule has 120 valence electrons. The third-order valence-electron chi connectivity index (χ3n) is 2.69. The second-order valence-corrected chi connectivity index (χ2v) is 5.38. The minimum Gasteiger partial charge on any atom is -0.337 e. The average molecular weight is 331 g/mol. The SMILES string of the molecule is COC(F)(F)C1=NN(C)C(OCC(=O)Nc2ccccc2)S1. The predicted octanol–water partition coefficient (Wildman–Crippen LogP) is 2.16. The molecule has 1 aliphatic rings. The number of hydrogen-bond acceptors (Lipinski definition) is 6. The third-order valence-corrected chi connectivity index (χ3v) is 3.87. The molecule has 1 N–H and O–H groups in total. The number of amides is 1. The number of rotatable bonds is 6. The van der Waals surface area contributed by atoms with Crippen LogP contribution in [0.15, 0.2) is 35.4 Å². The Kier molecular flexibility index (Phi) is 5.33. The number of carbonyl (C=O) groups excluding carboxylic acids is 1. The van der Waals surface area contributed by atoms with Gasteiger partial charge in [-0.3, -0.25) is 9.80 Å². The molecule has 1 unspecified atom stereocenters. The van der Waals surface area contributed by atoms with Crippen molar-refractivity contribution in [2.24, 2.45) is 5.10 Å². The lowest BCUT2D eigenvalue weighted by Crippen LogP contribution is -2.29. The molecule has 1 aromatic carbocycles. The van der Waals surface area contributed by atoms with Crippen LogP contribution in [0, 0.1) is 0 Å². The molecule has 0 radical (unpaired) electrons. The highest BCUT2D eigenvalue weighted by Crippen LogP contribution is 2.34. The zero-order valence-electron chi connectivity index (χ0n) is 12.0. The third kappa shape index (κ3) is 4.15. The van der Waals surface area contributed by atoms with E-state index in [9.17, 15) is 13.6 Å². The smallest absolute Gasteiger partial charge is 0.337 e. The second-order valence-electron chi connectivity index (χ2n) is 4.35. The summed E-state index contributed by atoms with van der Waals surface area (Å²) in [4.78, 5) is 11.7. The Morgan fingerprint density at radius 2 is 2.14 bits per heavy atom. The molecule has 1 atom stereocenters. The monoisotopic (exact) mass is 331 g/mol. The van der Waals surface area contributed by atoms with Gasteiger partial charge in [0.1, 0.15) is 6.61 Å². The van der Waals surface area contributed by atoms with Crippen molar-refractivity contribution in [3.63, 3.8) is 0 Å². The van der Waals surface area contributed by atoms with Crippen LogP contribution in [0.4, 0.5) is 14.5 Å². The van der Waals surface area contributed by atoms with E-state index >= 15 is 0 Å². The molecule has 0 saturated heterocycles. The summed E-state index contributed by atoms with van der Waals surface area (Å²) in [6.07, 6.45) is -3.47. The highest BCUT2D eigenvalue weighted by molar-refractivity contribution is 8.14. The fraction of sp³-hybridized carbons (Fsp3) is 0.385. The number of thioether (sulfide) groups is 1. The number of ether oxygens (including phenoxy) is 2. The zero-order valence-corrected chi connectivity index (χ0v) is 12.8. The molecular weight excluding hydrogens is 316 g/mol. The van der Waals surface area contributed by atoms with Gasteiger partial charge in [0.15, 0.2) is 10.6 Å². The number of para-hydroxylation sites is 1. The standard InChI is InChI=1S/C13H15F2N3O3S/c1-18-12(22-11(17-18)13(14,15)20-2)21-8-10(19)16-9-6-4-3-5-7-9/h3-7,12H,8H2,1-2H3,(H,16,19). The van der Waals surface area contributed by atoms with Crippen LogP contribution in [-0.4, -0.2) is 48.4 Å². The van der Waals surface area contributed by atoms with Gasteiger partial charge in [-0.25, -0.2) is 0 Å². The largest absolute Gasteiger partial charge is 0.407 e. The maximum atomic E-state index is 13.4. The number of nitrogens with zero attached hydrogens (tertiary/aromatic N) is 2. The summed E-state index contributed by atoms with van der Waals surface area (Å²) in [5.41, 5.74) is -0.177. The molecule has 1 aromatic rings. The van der Waals surface area contributed by atoms with Gasteiger partial charge in [-0.05, 0) is 23.9 Å². The molecule has 0 bridgehead atoms. The number of carbonyl (C=O) groups is 1. The van der Waals surface area contributed by atoms with Crippen molar-refractivity contribution >= 4 is 28.4 Å². The maximum absolute atomic E-state index is 13.4. The number of halogens is 2. The van der Waals surface area contributed by atoms with Gasteiger partial charge in [-0.2, -0.15) is 13.9 Å². The molecule has 1 aliphatic heterocycles. The number of nitrogens with one attached hydrogen (secondary N) is 1. The van der Waals surface area contributed by atoms with E-state index in [1.165, 1.54) is 12.1 Å². The van der Waals surface area contributed by atoms with Crippen LogP contribution < -0.4 is 5.32 Å². The highest BCUT2D eigenvalue weighted by Gasteiger charge is 2.43. The topological polar surface area (TPSA) is 63.2 Å². The lowest BCUT2D eigenvalue weighted by molar-refractivity contribution is -0.160. The second kappa shape index (κ2) is 7.03. The lowest BCUT2D eigenvalue weighted by atomic mass is 10.3. The summed E-state index contributed by atoms with van der Waals surface area (Å²) >= 11 is 0.697. The number of hydrazone groups is 1. The van der Waals surface area contributed by atoms with Gasteiger partial charge >= 0.3 is 6.11 Å². The molecule has 2 rings (SSSR count). The molecule has 9 heteroatoms. The van der Waals surface area contributed by atoms with Crippen molar-refractivity contribution in [1.82, 2.24) is 5.01 Å². The van der Waals surface area contributed by atoms with Crippen molar-refractivity contribution in [2.75, 3.05) is 26.1 Å². The van der Waals surface area contributed by atoms with Crippen LogP contribution in [0.25, 0.3) is 0 Å². The van der Waals surface area contributed by atoms with E-state index in [1.807, 2.05) is 6.07 Å². The van der Waals surface area contributed by atoms with Crippen LogP contribution in [-0.2, 0) is 14.3 Å². The Morgan fingerprint density at radius 3 is 2.77 bits per heavy atom. The van der Waals surface area contributed by atoms with Crippen molar-refractivity contribution in [2.45, 2.75) is 11.7 Å². The predicted molar refractivity (Wildman–Crippen MR) is 79.6 cm³/mol. The Balaban J connectivity index is 1.82. The molecule has 1 amide bonds. The zero-order chi connectivity index (χ0) is 16.2. The van der Waals surface area contributed by atoms with E-state index in [4.69, 9.17) is 4.74 Å². The molecule has 0 spiro atoms. The van der Waals surface area contributed by atoms with Crippen LogP contribution in [0.2, 0.25) is 0 Å². The van der Waals surface area contributed by atoms with Crippen molar-refractivity contribution in [3.8, 4) is 0 Å². The summed E-state index contributed by atoms with van der Waals surface area (Å²) in [7, 11) is 2.37. The summed E-state index contributed by atoms with van der Waals surface area (Å²) in [6.45, 7) is -0.280. The first kappa shape index (κ1) is 16.7. The molecule has 6 nitrogen and oxygen atoms in total. The number of alkyl halides is 2. The Morgan fingerprint density at radius 1 is 1.45 bits per heavy atom. The summed E-state index contributed by atoms with van der Waals surface area (Å²) in [5, 5.41) is 6.99. The molecule has 0 aromatic heterocycles. The number of benzene rings is 1. The minimum absolute atomic E-state index is 0.280. The first-order valence-corrected chi connectivity index (χ1v) is 7.18. The van der Waals surface area contributed by atoms with Crippen molar-refractivity contribution in [3.05, 3.63) is 30.3 Å². The van der Waals surface area contributed by atoms with Gasteiger partial charge < -0.3 is 14.8 Å². The Hall–Kier alpha value is -1.71. The van der Waals surface area contributed by atoms with E-state index < -0.39 is 16.7 Å². The van der Waals surface area contributed by atoms with E-state index in [0.717, 1.165) is 7.11 Å². The Labute approximate surface area is 130 Å². The molecular formula is C13H15F2N3O3S. The van der Waals surface area contributed by atoms with Gasteiger partial charge in [0.2, 0.25) is 0 Å². The fourth-order valence-electron chi connectivity index (χ4n) is 1.61. The maximum Gasteiger partial charge on any atom is 0.407 e. The molecule has 0 saturated carbocycles. The van der Waals surface area contributed by atoms with Crippen LogP contribution in [0.3, 0.4) is 0 Å². The lowest BCUT2D eigenvalue weighted by Gasteiger charge is -2.18. The quantitative estimate of drug-likeness (QED) is 0.865. The number of anilines is 1. The Bertz CT molecular complexity index is 557. The first-order chi connectivity index (χ1) is 10.4. The summed E-state index contributed by atoms with van der Waals surface area (Å²) in [6, 6.07) is 8.85. The van der Waals surface area contributed by atoms with E-state index in [1.54, 1.807) is 24.3 Å². The van der Waals surface area contributed by atoms with Crippen LogP contribution in [0.5, 0.6) is 0 Å². The van der Waals surface area contributed by atoms with E-state index in [-0.39, 0.29) is 12.5 Å². The molecule has 1 heterocycles. The van der Waals surface area contributed by atoms with Gasteiger partial charge in [0.05, 0.1) is 0 Å². The number of methoxy groups -OCH3 is 1. The summed E-state index contributed by atoms with van der Waals surface area (Å²) in [5.74, 6) is -0.382. The first-order valence-electron chi connectivity index (χ1n) is 6.30. The van der Waals surface area contributed by atoms with Crippen molar-refractivity contribution in [1.29, 1.82) is 0 Å². The molecule has 0 fully saturated rings.